The molecule has 1 saturated heterocycles. The Hall–Kier alpha value is -0.490. The SMILES string of the molecule is O[C@@H]1CCC[C@@H]1N1CCC(NCc2cc(Br)ccc2F)CC1. The predicted octanol–water partition coefficient (Wildman–Crippen LogP) is 3.06. The maximum atomic E-state index is 13.7. The standard InChI is InChI=1S/C17H24BrFN2O/c18-13-4-5-15(19)12(10-13)11-20-14-6-8-21(9-7-14)16-2-1-3-17(16)22/h4-5,10,14,16-17,20,22H,1-3,6-9,11H2/t16-,17+/m0/s1. The second-order valence-corrected chi connectivity index (χ2v) is 7.41. The van der Waals surface area contributed by atoms with Crippen molar-refractivity contribution in [3.05, 3.63) is 34.1 Å². The van der Waals surface area contributed by atoms with Gasteiger partial charge < -0.3 is 10.4 Å². The number of hydrogen-bond donors (Lipinski definition) is 2. The fourth-order valence-corrected chi connectivity index (χ4v) is 4.12. The fourth-order valence-electron chi connectivity index (χ4n) is 3.72. The minimum Gasteiger partial charge on any atom is -0.391 e. The van der Waals surface area contributed by atoms with Crippen LogP contribution in [0.4, 0.5) is 4.39 Å². The van der Waals surface area contributed by atoms with Crippen LogP contribution in [0.3, 0.4) is 0 Å². The lowest BCUT2D eigenvalue weighted by Gasteiger charge is -2.37. The van der Waals surface area contributed by atoms with Crippen molar-refractivity contribution >= 4 is 15.9 Å². The topological polar surface area (TPSA) is 35.5 Å². The molecule has 2 N–H and O–H groups in total. The van der Waals surface area contributed by atoms with Crippen LogP contribution in [0.1, 0.15) is 37.7 Å². The van der Waals surface area contributed by atoms with Gasteiger partial charge in [-0.15, -0.1) is 0 Å². The molecular weight excluding hydrogens is 347 g/mol. The molecule has 5 heteroatoms. The largest absolute Gasteiger partial charge is 0.391 e. The van der Waals surface area contributed by atoms with E-state index in [2.05, 4.69) is 26.1 Å². The van der Waals surface area contributed by atoms with Gasteiger partial charge in [-0.05, 0) is 50.3 Å². The lowest BCUT2D eigenvalue weighted by Crippen LogP contribution is -2.48. The lowest BCUT2D eigenvalue weighted by atomic mass is 10.0. The molecule has 0 radical (unpaired) electrons. The zero-order chi connectivity index (χ0) is 15.5. The van der Waals surface area contributed by atoms with Crippen molar-refractivity contribution in [1.82, 2.24) is 10.2 Å². The van der Waals surface area contributed by atoms with Gasteiger partial charge in [0.25, 0.3) is 0 Å². The average molecular weight is 371 g/mol. The van der Waals surface area contributed by atoms with Gasteiger partial charge in [-0.25, -0.2) is 4.39 Å². The van der Waals surface area contributed by atoms with E-state index in [1.807, 2.05) is 6.07 Å². The molecule has 0 aromatic heterocycles. The monoisotopic (exact) mass is 370 g/mol. The van der Waals surface area contributed by atoms with E-state index in [0.717, 1.165) is 49.7 Å². The van der Waals surface area contributed by atoms with Gasteiger partial charge in [-0.1, -0.05) is 15.9 Å². The third-order valence-corrected chi connectivity index (χ3v) is 5.52. The fraction of sp³-hybridized carbons (Fsp3) is 0.647. The number of aliphatic hydroxyl groups is 1. The molecule has 3 nitrogen and oxygen atoms in total. The van der Waals surface area contributed by atoms with E-state index in [4.69, 9.17) is 0 Å². The highest BCUT2D eigenvalue weighted by Gasteiger charge is 2.32. The van der Waals surface area contributed by atoms with Gasteiger partial charge in [-0.3, -0.25) is 4.90 Å². The molecule has 122 valence electrons. The Kier molecular flexibility index (Phi) is 5.50. The van der Waals surface area contributed by atoms with Crippen LogP contribution >= 0.6 is 15.9 Å². The number of nitrogens with zero attached hydrogens (tertiary/aromatic N) is 1. The molecule has 1 aromatic carbocycles. The Labute approximate surface area is 140 Å². The summed E-state index contributed by atoms with van der Waals surface area (Å²) in [5.74, 6) is -0.151. The van der Waals surface area contributed by atoms with Gasteiger partial charge in [0.05, 0.1) is 6.10 Å². The summed E-state index contributed by atoms with van der Waals surface area (Å²) in [7, 11) is 0. The van der Waals surface area contributed by atoms with Crippen molar-refractivity contribution in [3.63, 3.8) is 0 Å². The van der Waals surface area contributed by atoms with Gasteiger partial charge >= 0.3 is 0 Å². The highest BCUT2D eigenvalue weighted by Crippen LogP contribution is 2.27. The van der Waals surface area contributed by atoms with Crippen molar-refractivity contribution in [1.29, 1.82) is 0 Å². The molecule has 22 heavy (non-hydrogen) atoms. The molecule has 0 bridgehead atoms. The number of benzene rings is 1. The van der Waals surface area contributed by atoms with E-state index in [1.165, 1.54) is 6.07 Å². The molecule has 0 spiro atoms. The third kappa shape index (κ3) is 3.88. The first-order valence-electron chi connectivity index (χ1n) is 8.23. The first-order chi connectivity index (χ1) is 10.6. The van der Waals surface area contributed by atoms with E-state index in [9.17, 15) is 9.50 Å². The van der Waals surface area contributed by atoms with Crippen molar-refractivity contribution in [2.75, 3.05) is 13.1 Å². The first-order valence-corrected chi connectivity index (χ1v) is 9.02. The van der Waals surface area contributed by atoms with Crippen LogP contribution < -0.4 is 5.32 Å². The zero-order valence-electron chi connectivity index (χ0n) is 12.8. The zero-order valence-corrected chi connectivity index (χ0v) is 14.4. The molecule has 1 aliphatic heterocycles. The van der Waals surface area contributed by atoms with Crippen LogP contribution in [0.25, 0.3) is 0 Å². The number of nitrogens with one attached hydrogen (secondary N) is 1. The summed E-state index contributed by atoms with van der Waals surface area (Å²) in [5.41, 5.74) is 0.711. The van der Waals surface area contributed by atoms with Crippen LogP contribution in [-0.2, 0) is 6.54 Å². The number of piperidine rings is 1. The molecule has 2 atom stereocenters. The van der Waals surface area contributed by atoms with Gasteiger partial charge in [0.1, 0.15) is 5.82 Å². The summed E-state index contributed by atoms with van der Waals surface area (Å²) in [6, 6.07) is 5.87. The Morgan fingerprint density at radius 2 is 2.00 bits per heavy atom. The van der Waals surface area contributed by atoms with Gasteiger partial charge in [0, 0.05) is 41.8 Å². The molecule has 1 saturated carbocycles. The molecule has 0 unspecified atom stereocenters. The molecule has 3 rings (SSSR count). The maximum Gasteiger partial charge on any atom is 0.127 e. The van der Waals surface area contributed by atoms with Gasteiger partial charge in [0.2, 0.25) is 0 Å². The average Bonchev–Trinajstić information content (AvgIpc) is 2.95. The summed E-state index contributed by atoms with van der Waals surface area (Å²) in [6.45, 7) is 2.63. The maximum absolute atomic E-state index is 13.7. The van der Waals surface area contributed by atoms with Crippen molar-refractivity contribution in [2.24, 2.45) is 0 Å². The Morgan fingerprint density at radius 1 is 1.23 bits per heavy atom. The first kappa shape index (κ1) is 16.4. The number of hydrogen-bond acceptors (Lipinski definition) is 3. The predicted molar refractivity (Wildman–Crippen MR) is 89.2 cm³/mol. The number of aliphatic hydroxyl groups excluding tert-OH is 1. The van der Waals surface area contributed by atoms with E-state index in [-0.39, 0.29) is 11.9 Å². The molecule has 2 aliphatic rings. The third-order valence-electron chi connectivity index (χ3n) is 5.03. The highest BCUT2D eigenvalue weighted by atomic mass is 79.9. The van der Waals surface area contributed by atoms with E-state index in [1.54, 1.807) is 6.07 Å². The normalized spacial score (nSPS) is 27.4. The molecule has 1 aliphatic carbocycles. The Balaban J connectivity index is 1.47. The van der Waals surface area contributed by atoms with Crippen LogP contribution in [0.15, 0.2) is 22.7 Å². The van der Waals surface area contributed by atoms with Crippen molar-refractivity contribution in [2.45, 2.75) is 56.8 Å². The van der Waals surface area contributed by atoms with Crippen LogP contribution in [-0.4, -0.2) is 41.3 Å². The summed E-state index contributed by atoms with van der Waals surface area (Å²) in [5, 5.41) is 13.5. The van der Waals surface area contributed by atoms with E-state index >= 15 is 0 Å². The lowest BCUT2D eigenvalue weighted by molar-refractivity contribution is 0.0526. The summed E-state index contributed by atoms with van der Waals surface area (Å²) in [6.07, 6.45) is 5.22. The van der Waals surface area contributed by atoms with Crippen LogP contribution in [0.2, 0.25) is 0 Å². The number of rotatable bonds is 4. The highest BCUT2D eigenvalue weighted by molar-refractivity contribution is 9.10. The summed E-state index contributed by atoms with van der Waals surface area (Å²) >= 11 is 3.39. The molecule has 2 fully saturated rings. The molecule has 1 heterocycles. The minimum atomic E-state index is -0.151. The number of halogens is 2. The van der Waals surface area contributed by atoms with Crippen LogP contribution in [0.5, 0.6) is 0 Å². The molecular formula is C17H24BrFN2O. The van der Waals surface area contributed by atoms with E-state index < -0.39 is 0 Å². The second kappa shape index (κ2) is 7.39. The van der Waals surface area contributed by atoms with E-state index in [0.29, 0.717) is 24.2 Å². The molecule has 1 aromatic rings. The van der Waals surface area contributed by atoms with Gasteiger partial charge in [-0.2, -0.15) is 0 Å². The molecule has 0 amide bonds. The van der Waals surface area contributed by atoms with Gasteiger partial charge in [0.15, 0.2) is 0 Å². The second-order valence-electron chi connectivity index (χ2n) is 6.49. The Morgan fingerprint density at radius 3 is 2.68 bits per heavy atom. The summed E-state index contributed by atoms with van der Waals surface area (Å²) < 4.78 is 14.6. The van der Waals surface area contributed by atoms with Crippen molar-refractivity contribution in [3.8, 4) is 0 Å². The quantitative estimate of drug-likeness (QED) is 0.854. The Bertz CT molecular complexity index is 505. The smallest absolute Gasteiger partial charge is 0.127 e. The van der Waals surface area contributed by atoms with Crippen LogP contribution in [0, 0.1) is 5.82 Å². The minimum absolute atomic E-state index is 0.139. The summed E-state index contributed by atoms with van der Waals surface area (Å²) in [4.78, 5) is 2.44. The number of likely N-dealkylation sites (tertiary alicyclic amines) is 1. The van der Waals surface area contributed by atoms with Crippen molar-refractivity contribution < 1.29 is 9.50 Å².